The van der Waals surface area contributed by atoms with Crippen LogP contribution < -0.4 is 9.47 Å². The van der Waals surface area contributed by atoms with Crippen LogP contribution in [0.25, 0.3) is 0 Å². The van der Waals surface area contributed by atoms with Crippen LogP contribution in [-0.4, -0.2) is 37.9 Å². The van der Waals surface area contributed by atoms with Gasteiger partial charge in [0.2, 0.25) is 0 Å². The van der Waals surface area contributed by atoms with E-state index >= 15 is 0 Å². The highest BCUT2D eigenvalue weighted by Gasteiger charge is 2.13. The van der Waals surface area contributed by atoms with Crippen molar-refractivity contribution in [3.63, 3.8) is 0 Å². The van der Waals surface area contributed by atoms with Crippen molar-refractivity contribution in [1.82, 2.24) is 0 Å². The van der Waals surface area contributed by atoms with Gasteiger partial charge in [-0.3, -0.25) is 0 Å². The zero-order valence-corrected chi connectivity index (χ0v) is 17.7. The minimum atomic E-state index is -0.510. The summed E-state index contributed by atoms with van der Waals surface area (Å²) in [5, 5.41) is 0. The van der Waals surface area contributed by atoms with E-state index < -0.39 is 11.9 Å². The summed E-state index contributed by atoms with van der Waals surface area (Å²) >= 11 is 3.39. The summed E-state index contributed by atoms with van der Waals surface area (Å²) in [5.41, 5.74) is 0.747. The molecule has 0 aliphatic carbocycles. The molecule has 0 aliphatic heterocycles. The summed E-state index contributed by atoms with van der Waals surface area (Å²) in [6, 6.07) is 11.2. The topological polar surface area (TPSA) is 71.1 Å². The third-order valence-corrected chi connectivity index (χ3v) is 4.12. The quantitative estimate of drug-likeness (QED) is 0.314. The van der Waals surface area contributed by atoms with E-state index in [1.54, 1.807) is 42.5 Å². The zero-order valence-electron chi connectivity index (χ0n) is 16.1. The molecule has 0 atom stereocenters. The van der Waals surface area contributed by atoms with Gasteiger partial charge in [-0.25, -0.2) is 9.59 Å². The van der Waals surface area contributed by atoms with Crippen molar-refractivity contribution in [2.24, 2.45) is 0 Å². The second-order valence-electron chi connectivity index (χ2n) is 6.06. The van der Waals surface area contributed by atoms with E-state index in [1.807, 2.05) is 20.8 Å². The largest absolute Gasteiger partial charge is 0.490 e. The van der Waals surface area contributed by atoms with Crippen LogP contribution in [0.3, 0.4) is 0 Å². The van der Waals surface area contributed by atoms with E-state index in [1.165, 1.54) is 0 Å². The fraction of sp³-hybridized carbons (Fsp3) is 0.333. The Hall–Kier alpha value is -2.38. The van der Waals surface area contributed by atoms with Crippen molar-refractivity contribution in [2.75, 3.05) is 19.8 Å². The normalized spacial score (nSPS) is 10.6. The third kappa shape index (κ3) is 6.65. The second kappa shape index (κ2) is 10.8. The molecule has 0 radical (unpaired) electrons. The van der Waals surface area contributed by atoms with Crippen LogP contribution in [-0.2, 0) is 9.47 Å². The zero-order chi connectivity index (χ0) is 20.5. The first-order chi connectivity index (χ1) is 13.4. The average Bonchev–Trinajstić information content (AvgIpc) is 2.67. The molecule has 0 N–H and O–H groups in total. The second-order valence-corrected chi connectivity index (χ2v) is 6.91. The highest BCUT2D eigenvalue weighted by Crippen LogP contribution is 2.27. The Morgan fingerprint density at radius 3 is 2.25 bits per heavy atom. The smallest absolute Gasteiger partial charge is 0.343 e. The Kier molecular flexibility index (Phi) is 8.47. The van der Waals surface area contributed by atoms with Crippen molar-refractivity contribution < 1.29 is 28.5 Å². The molecular weight excluding hydrogens is 428 g/mol. The van der Waals surface area contributed by atoms with Crippen molar-refractivity contribution in [3.8, 4) is 11.5 Å². The van der Waals surface area contributed by atoms with Crippen LogP contribution in [0.4, 0.5) is 0 Å². The molecule has 0 heterocycles. The highest BCUT2D eigenvalue weighted by molar-refractivity contribution is 9.10. The van der Waals surface area contributed by atoms with Crippen molar-refractivity contribution >= 4 is 27.9 Å². The maximum Gasteiger partial charge on any atom is 0.343 e. The Labute approximate surface area is 172 Å². The molecule has 0 aliphatic rings. The van der Waals surface area contributed by atoms with Crippen LogP contribution in [0, 0.1) is 0 Å². The van der Waals surface area contributed by atoms with Crippen molar-refractivity contribution in [2.45, 2.75) is 26.9 Å². The summed E-state index contributed by atoms with van der Waals surface area (Å²) in [4.78, 5) is 24.2. The standard InChI is InChI=1S/C21H23BrO6/c1-4-25-11-12-26-20(23)15-5-8-17(9-6-15)28-21(24)16-7-10-19(18(22)13-16)27-14(2)3/h5-10,13-14H,4,11-12H2,1-3H3. The van der Waals surface area contributed by atoms with E-state index in [-0.39, 0.29) is 12.7 Å². The average molecular weight is 451 g/mol. The van der Waals surface area contributed by atoms with Gasteiger partial charge in [-0.15, -0.1) is 0 Å². The number of esters is 2. The van der Waals surface area contributed by atoms with Gasteiger partial charge < -0.3 is 18.9 Å². The summed E-state index contributed by atoms with van der Waals surface area (Å²) in [6.45, 7) is 6.83. The number of rotatable bonds is 9. The molecule has 0 amide bonds. The van der Waals surface area contributed by atoms with Crippen molar-refractivity contribution in [1.29, 1.82) is 0 Å². The first-order valence-electron chi connectivity index (χ1n) is 8.94. The number of carbonyl (C=O) groups excluding carboxylic acids is 2. The highest BCUT2D eigenvalue weighted by atomic mass is 79.9. The summed E-state index contributed by atoms with van der Waals surface area (Å²) < 4.78 is 21.8. The molecule has 2 rings (SSSR count). The predicted molar refractivity (Wildman–Crippen MR) is 108 cm³/mol. The number of hydrogen-bond acceptors (Lipinski definition) is 6. The van der Waals surface area contributed by atoms with Crippen molar-refractivity contribution in [3.05, 3.63) is 58.1 Å². The molecular formula is C21H23BrO6. The third-order valence-electron chi connectivity index (χ3n) is 3.50. The fourth-order valence-electron chi connectivity index (χ4n) is 2.22. The van der Waals surface area contributed by atoms with E-state index in [4.69, 9.17) is 18.9 Å². The molecule has 6 nitrogen and oxygen atoms in total. The van der Waals surface area contributed by atoms with Crippen LogP contribution in [0.2, 0.25) is 0 Å². The van der Waals surface area contributed by atoms with E-state index in [2.05, 4.69) is 15.9 Å². The van der Waals surface area contributed by atoms with Gasteiger partial charge in [0.1, 0.15) is 18.1 Å². The maximum absolute atomic E-state index is 12.3. The van der Waals surface area contributed by atoms with Gasteiger partial charge in [-0.2, -0.15) is 0 Å². The molecule has 28 heavy (non-hydrogen) atoms. The Morgan fingerprint density at radius 1 is 0.964 bits per heavy atom. The molecule has 0 saturated carbocycles. The minimum Gasteiger partial charge on any atom is -0.490 e. The van der Waals surface area contributed by atoms with Gasteiger partial charge in [0.15, 0.2) is 0 Å². The first kappa shape index (κ1) is 21.9. The van der Waals surface area contributed by atoms with Gasteiger partial charge in [0.25, 0.3) is 0 Å². The number of benzene rings is 2. The maximum atomic E-state index is 12.3. The van der Waals surface area contributed by atoms with Gasteiger partial charge >= 0.3 is 11.9 Å². The molecule has 0 saturated heterocycles. The summed E-state index contributed by atoms with van der Waals surface area (Å²) in [7, 11) is 0. The van der Waals surface area contributed by atoms with E-state index in [0.717, 1.165) is 0 Å². The lowest BCUT2D eigenvalue weighted by molar-refractivity contribution is 0.0335. The monoisotopic (exact) mass is 450 g/mol. The molecule has 0 aromatic heterocycles. The summed E-state index contributed by atoms with van der Waals surface area (Å²) in [6.07, 6.45) is 0.0264. The molecule has 0 bridgehead atoms. The van der Waals surface area contributed by atoms with Crippen LogP contribution in [0.1, 0.15) is 41.5 Å². The molecule has 2 aromatic rings. The van der Waals surface area contributed by atoms with Crippen LogP contribution in [0.15, 0.2) is 46.9 Å². The van der Waals surface area contributed by atoms with Gasteiger partial charge in [-0.05, 0) is 79.2 Å². The van der Waals surface area contributed by atoms with E-state index in [9.17, 15) is 9.59 Å². The lowest BCUT2D eigenvalue weighted by Crippen LogP contribution is -2.11. The molecule has 0 fully saturated rings. The van der Waals surface area contributed by atoms with E-state index in [0.29, 0.717) is 40.3 Å². The molecule has 2 aromatic carbocycles. The Balaban J connectivity index is 1.95. The Morgan fingerprint density at radius 2 is 1.64 bits per heavy atom. The molecule has 7 heteroatoms. The van der Waals surface area contributed by atoms with Gasteiger partial charge in [0, 0.05) is 6.61 Å². The van der Waals surface area contributed by atoms with Gasteiger partial charge in [0.05, 0.1) is 28.3 Å². The number of hydrogen-bond donors (Lipinski definition) is 0. The molecule has 0 spiro atoms. The lowest BCUT2D eigenvalue weighted by Gasteiger charge is -2.12. The first-order valence-corrected chi connectivity index (χ1v) is 9.73. The van der Waals surface area contributed by atoms with Crippen LogP contribution >= 0.6 is 15.9 Å². The van der Waals surface area contributed by atoms with Gasteiger partial charge in [-0.1, -0.05) is 0 Å². The number of carbonyl (C=O) groups is 2. The SMILES string of the molecule is CCOCCOC(=O)c1ccc(OC(=O)c2ccc(OC(C)C)c(Br)c2)cc1. The lowest BCUT2D eigenvalue weighted by atomic mass is 10.2. The Bertz CT molecular complexity index is 801. The number of ether oxygens (including phenoxy) is 4. The summed E-state index contributed by atoms with van der Waals surface area (Å²) in [5.74, 6) is 0.0133. The molecule has 0 unspecified atom stereocenters. The predicted octanol–water partition coefficient (Wildman–Crippen LogP) is 4.65. The number of halogens is 1. The van der Waals surface area contributed by atoms with Crippen LogP contribution in [0.5, 0.6) is 11.5 Å². The molecule has 150 valence electrons. The fourth-order valence-corrected chi connectivity index (χ4v) is 2.70. The minimum absolute atomic E-state index is 0.0264.